The molecule has 1 heterocycles. The number of fused-ring (bicyclic) bond motifs is 1. The number of rotatable bonds is 3. The molecule has 0 saturated heterocycles. The molecule has 0 aliphatic carbocycles. The number of benzene rings is 2. The van der Waals surface area contributed by atoms with Crippen LogP contribution in [0.1, 0.15) is 17.2 Å². The normalized spacial score (nSPS) is 12.5. The lowest BCUT2D eigenvalue weighted by molar-refractivity contribution is 0.178. The average molecular weight is 285 g/mol. The van der Waals surface area contributed by atoms with Crippen LogP contribution < -0.4 is 0 Å². The van der Waals surface area contributed by atoms with Gasteiger partial charge in [-0.05, 0) is 35.4 Å². The molecule has 0 bridgehead atoms. The Morgan fingerprint density at radius 2 is 1.71 bits per heavy atom. The van der Waals surface area contributed by atoms with Gasteiger partial charge < -0.3 is 5.11 Å². The Hall–Kier alpha value is -2.33. The van der Waals surface area contributed by atoms with Crippen molar-refractivity contribution in [3.63, 3.8) is 0 Å². The van der Waals surface area contributed by atoms with E-state index in [1.54, 1.807) is 6.20 Å². The zero-order chi connectivity index (χ0) is 14.8. The zero-order valence-corrected chi connectivity index (χ0v) is 11.1. The van der Waals surface area contributed by atoms with E-state index >= 15 is 0 Å². The maximum absolute atomic E-state index is 13.2. The summed E-state index contributed by atoms with van der Waals surface area (Å²) in [4.78, 5) is 4.27. The van der Waals surface area contributed by atoms with Gasteiger partial charge in [-0.15, -0.1) is 0 Å². The van der Waals surface area contributed by atoms with E-state index in [0.29, 0.717) is 11.1 Å². The third-order valence-electron chi connectivity index (χ3n) is 3.35. The Kier molecular flexibility index (Phi) is 3.62. The second-order valence-electron chi connectivity index (χ2n) is 4.96. The fourth-order valence-electron chi connectivity index (χ4n) is 2.34. The molecule has 2 aromatic carbocycles. The van der Waals surface area contributed by atoms with Crippen molar-refractivity contribution >= 4 is 10.9 Å². The van der Waals surface area contributed by atoms with E-state index in [-0.39, 0.29) is 6.42 Å². The van der Waals surface area contributed by atoms with Crippen molar-refractivity contribution in [2.45, 2.75) is 12.5 Å². The van der Waals surface area contributed by atoms with Crippen molar-refractivity contribution in [1.29, 1.82) is 0 Å². The first-order chi connectivity index (χ1) is 10.1. The van der Waals surface area contributed by atoms with Crippen LogP contribution in [0.5, 0.6) is 0 Å². The topological polar surface area (TPSA) is 33.1 Å². The van der Waals surface area contributed by atoms with E-state index in [0.717, 1.165) is 17.0 Å². The molecule has 21 heavy (non-hydrogen) atoms. The summed E-state index contributed by atoms with van der Waals surface area (Å²) in [6.07, 6.45) is 0.862. The van der Waals surface area contributed by atoms with Crippen LogP contribution in [0.2, 0.25) is 0 Å². The van der Waals surface area contributed by atoms with E-state index in [1.165, 1.54) is 12.1 Å². The monoisotopic (exact) mass is 285 g/mol. The van der Waals surface area contributed by atoms with Crippen LogP contribution >= 0.6 is 0 Å². The Morgan fingerprint density at radius 3 is 2.48 bits per heavy atom. The second-order valence-corrected chi connectivity index (χ2v) is 4.96. The molecule has 4 heteroatoms. The molecule has 1 N–H and O–H groups in total. The Balaban J connectivity index is 1.87. The van der Waals surface area contributed by atoms with Crippen molar-refractivity contribution in [3.05, 3.63) is 77.5 Å². The Morgan fingerprint density at radius 1 is 1.00 bits per heavy atom. The maximum atomic E-state index is 13.2. The molecule has 0 fully saturated rings. The third-order valence-corrected chi connectivity index (χ3v) is 3.35. The fraction of sp³-hybridized carbons (Fsp3) is 0.118. The molecule has 1 unspecified atom stereocenters. The van der Waals surface area contributed by atoms with Crippen molar-refractivity contribution in [3.8, 4) is 0 Å². The van der Waals surface area contributed by atoms with Gasteiger partial charge in [0.15, 0.2) is 0 Å². The molecule has 0 aliphatic rings. The van der Waals surface area contributed by atoms with Gasteiger partial charge in [-0.2, -0.15) is 0 Å². The predicted octanol–water partition coefficient (Wildman–Crippen LogP) is 3.79. The van der Waals surface area contributed by atoms with Crippen molar-refractivity contribution in [2.75, 3.05) is 0 Å². The molecule has 0 spiro atoms. The van der Waals surface area contributed by atoms with Crippen LogP contribution in [0, 0.1) is 11.6 Å². The molecule has 3 aromatic rings. The molecule has 3 rings (SSSR count). The minimum absolute atomic E-state index is 0.134. The Bertz CT molecular complexity index is 768. The van der Waals surface area contributed by atoms with Crippen LogP contribution in [0.25, 0.3) is 10.9 Å². The molecule has 0 saturated carbocycles. The van der Waals surface area contributed by atoms with E-state index in [4.69, 9.17) is 0 Å². The van der Waals surface area contributed by atoms with Gasteiger partial charge in [0, 0.05) is 24.1 Å². The van der Waals surface area contributed by atoms with E-state index in [9.17, 15) is 13.9 Å². The highest BCUT2D eigenvalue weighted by molar-refractivity contribution is 5.78. The zero-order valence-electron chi connectivity index (χ0n) is 11.1. The number of hydrogen-bond acceptors (Lipinski definition) is 2. The molecule has 0 aliphatic heterocycles. The van der Waals surface area contributed by atoms with Crippen molar-refractivity contribution in [1.82, 2.24) is 4.98 Å². The highest BCUT2D eigenvalue weighted by Crippen LogP contribution is 2.22. The highest BCUT2D eigenvalue weighted by atomic mass is 19.1. The van der Waals surface area contributed by atoms with Gasteiger partial charge in [0.2, 0.25) is 0 Å². The van der Waals surface area contributed by atoms with Crippen molar-refractivity contribution < 1.29 is 13.9 Å². The number of aromatic nitrogens is 1. The lowest BCUT2D eigenvalue weighted by Crippen LogP contribution is -2.03. The molecular formula is C17H13F2NO. The lowest BCUT2D eigenvalue weighted by atomic mass is 10.0. The van der Waals surface area contributed by atoms with Gasteiger partial charge in [0.1, 0.15) is 11.6 Å². The van der Waals surface area contributed by atoms with Crippen LogP contribution in [0.4, 0.5) is 8.78 Å². The number of nitrogens with zero attached hydrogens (tertiary/aromatic N) is 1. The van der Waals surface area contributed by atoms with Gasteiger partial charge in [-0.3, -0.25) is 4.98 Å². The van der Waals surface area contributed by atoms with Gasteiger partial charge in [0.25, 0.3) is 0 Å². The number of aliphatic hydroxyl groups is 1. The minimum Gasteiger partial charge on any atom is -0.388 e. The predicted molar refractivity (Wildman–Crippen MR) is 76.8 cm³/mol. The first-order valence-electron chi connectivity index (χ1n) is 6.59. The summed E-state index contributed by atoms with van der Waals surface area (Å²) in [7, 11) is 0. The third kappa shape index (κ3) is 3.06. The molecule has 0 radical (unpaired) electrons. The van der Waals surface area contributed by atoms with Gasteiger partial charge in [0.05, 0.1) is 11.6 Å². The molecule has 0 amide bonds. The van der Waals surface area contributed by atoms with Crippen LogP contribution in [0.15, 0.2) is 54.7 Å². The maximum Gasteiger partial charge on any atom is 0.126 e. The number of pyridine rings is 1. The quantitative estimate of drug-likeness (QED) is 0.794. The van der Waals surface area contributed by atoms with Crippen molar-refractivity contribution in [2.24, 2.45) is 0 Å². The smallest absolute Gasteiger partial charge is 0.126 e. The van der Waals surface area contributed by atoms with Gasteiger partial charge >= 0.3 is 0 Å². The summed E-state index contributed by atoms with van der Waals surface area (Å²) in [5.41, 5.74) is 1.87. The summed E-state index contributed by atoms with van der Waals surface area (Å²) in [5, 5.41) is 11.1. The first-order valence-corrected chi connectivity index (χ1v) is 6.59. The molecule has 1 aromatic heterocycles. The largest absolute Gasteiger partial charge is 0.388 e. The lowest BCUT2D eigenvalue weighted by Gasteiger charge is -2.12. The molecule has 1 atom stereocenters. The number of aliphatic hydroxyl groups excluding tert-OH is 1. The van der Waals surface area contributed by atoms with Gasteiger partial charge in [-0.1, -0.05) is 18.2 Å². The van der Waals surface area contributed by atoms with Gasteiger partial charge in [-0.25, -0.2) is 8.78 Å². The van der Waals surface area contributed by atoms with Crippen LogP contribution in [0.3, 0.4) is 0 Å². The number of para-hydroxylation sites is 1. The summed E-state index contributed by atoms with van der Waals surface area (Å²) < 4.78 is 26.3. The minimum atomic E-state index is -0.858. The van der Waals surface area contributed by atoms with E-state index < -0.39 is 17.7 Å². The summed E-state index contributed by atoms with van der Waals surface area (Å²) in [6, 6.07) is 12.7. The average Bonchev–Trinajstić information content (AvgIpc) is 2.45. The molecule has 2 nitrogen and oxygen atoms in total. The van der Waals surface area contributed by atoms with Crippen LogP contribution in [-0.2, 0) is 6.42 Å². The van der Waals surface area contributed by atoms with E-state index in [1.807, 2.05) is 30.3 Å². The van der Waals surface area contributed by atoms with Crippen LogP contribution in [-0.4, -0.2) is 10.1 Å². The fourth-order valence-corrected chi connectivity index (χ4v) is 2.34. The summed E-state index contributed by atoms with van der Waals surface area (Å²) in [5.74, 6) is -1.29. The number of halogens is 2. The molecular weight excluding hydrogens is 272 g/mol. The summed E-state index contributed by atoms with van der Waals surface area (Å²) >= 11 is 0. The standard InChI is InChI=1S/C17H13F2NO/c18-14-5-11(6-15(19)9-14)7-17(21)13-8-12-3-1-2-4-16(12)20-10-13/h1-6,8-10,17,21H,7H2. The first kappa shape index (κ1) is 13.6. The Labute approximate surface area is 120 Å². The highest BCUT2D eigenvalue weighted by Gasteiger charge is 2.11. The van der Waals surface area contributed by atoms with E-state index in [2.05, 4.69) is 4.98 Å². The number of hydrogen-bond donors (Lipinski definition) is 1. The summed E-state index contributed by atoms with van der Waals surface area (Å²) in [6.45, 7) is 0. The molecule has 106 valence electrons. The SMILES string of the molecule is OC(Cc1cc(F)cc(F)c1)c1cnc2ccccc2c1. The second kappa shape index (κ2) is 5.58.